The first-order valence-electron chi connectivity index (χ1n) is 10.2. The number of hydrogen-bond donors (Lipinski definition) is 2. The van der Waals surface area contributed by atoms with Crippen LogP contribution in [0, 0.1) is 13.8 Å². The van der Waals surface area contributed by atoms with Gasteiger partial charge in [-0.1, -0.05) is 55.4 Å². The highest BCUT2D eigenvalue weighted by molar-refractivity contribution is 7.99. The maximum Gasteiger partial charge on any atom is 0.234 e. The van der Waals surface area contributed by atoms with Crippen molar-refractivity contribution in [1.82, 2.24) is 20.2 Å². The number of benzene rings is 2. The van der Waals surface area contributed by atoms with E-state index in [0.29, 0.717) is 10.8 Å². The smallest absolute Gasteiger partial charge is 0.234 e. The summed E-state index contributed by atoms with van der Waals surface area (Å²) in [6.07, 6.45) is 1.75. The van der Waals surface area contributed by atoms with E-state index < -0.39 is 0 Å². The van der Waals surface area contributed by atoms with Gasteiger partial charge in [-0.25, -0.2) is 4.98 Å². The molecule has 4 rings (SSSR count). The minimum atomic E-state index is -0.0672. The topological polar surface area (TPSA) is 83.6 Å². The number of carbonyl (C=O) groups excluding carboxylic acids is 1. The molecule has 2 aromatic carbocycles. The summed E-state index contributed by atoms with van der Waals surface area (Å²) in [7, 11) is 0. The summed E-state index contributed by atoms with van der Waals surface area (Å²) < 4.78 is 0. The molecular formula is C23H25N5OS. The van der Waals surface area contributed by atoms with Crippen molar-refractivity contribution in [2.75, 3.05) is 11.1 Å². The normalized spacial score (nSPS) is 11.3. The number of nitrogens with one attached hydrogen (secondary N) is 2. The van der Waals surface area contributed by atoms with E-state index >= 15 is 0 Å². The molecule has 0 aliphatic rings. The highest BCUT2D eigenvalue weighted by atomic mass is 32.2. The summed E-state index contributed by atoms with van der Waals surface area (Å²) in [5, 5.41) is 13.2. The van der Waals surface area contributed by atoms with Gasteiger partial charge in [-0.15, -0.1) is 10.2 Å². The number of para-hydroxylation sites is 1. The van der Waals surface area contributed by atoms with Crippen LogP contribution in [-0.2, 0) is 17.6 Å². The van der Waals surface area contributed by atoms with Crippen LogP contribution in [0.4, 0.5) is 5.69 Å². The second-order valence-corrected chi connectivity index (χ2v) is 8.36. The molecule has 1 amide bonds. The highest BCUT2D eigenvalue weighted by Crippen LogP contribution is 2.27. The summed E-state index contributed by atoms with van der Waals surface area (Å²) in [5.74, 6) is 0.162. The van der Waals surface area contributed by atoms with Crippen LogP contribution in [0.3, 0.4) is 0 Å². The van der Waals surface area contributed by atoms with Crippen molar-refractivity contribution in [3.8, 4) is 0 Å². The molecule has 2 aromatic heterocycles. The first-order chi connectivity index (χ1) is 14.5. The SMILES string of the molecule is CCc1cccc(CC)c1NC(=O)CSc1nnc2c(n1)[nH]c1c(C)cc(C)cc12. The number of aromatic amines is 1. The van der Waals surface area contributed by atoms with Gasteiger partial charge in [-0.2, -0.15) is 0 Å². The van der Waals surface area contributed by atoms with Crippen LogP contribution in [0.2, 0.25) is 0 Å². The van der Waals surface area contributed by atoms with E-state index in [2.05, 4.69) is 77.4 Å². The van der Waals surface area contributed by atoms with Gasteiger partial charge >= 0.3 is 0 Å². The zero-order valence-corrected chi connectivity index (χ0v) is 18.5. The predicted molar refractivity (Wildman–Crippen MR) is 123 cm³/mol. The second kappa shape index (κ2) is 8.44. The molecule has 0 aliphatic carbocycles. The largest absolute Gasteiger partial charge is 0.337 e. The fourth-order valence-corrected chi connectivity index (χ4v) is 4.37. The van der Waals surface area contributed by atoms with E-state index in [1.165, 1.54) is 17.3 Å². The van der Waals surface area contributed by atoms with E-state index in [0.717, 1.165) is 51.6 Å². The average molecular weight is 420 g/mol. The Bertz CT molecular complexity index is 1230. The standard InChI is InChI=1S/C23H25N5OS/c1-5-15-8-7-9-16(6-2)20(15)24-18(29)12-30-23-26-22-21(27-28-23)17-11-13(3)10-14(4)19(17)25-22/h7-11H,5-6,12H2,1-4H3,(H,24,29)(H,25,26,28). The average Bonchev–Trinajstić information content (AvgIpc) is 3.10. The van der Waals surface area contributed by atoms with E-state index in [-0.39, 0.29) is 11.7 Å². The number of amides is 1. The Balaban J connectivity index is 1.52. The Labute approximate surface area is 179 Å². The molecule has 0 spiro atoms. The lowest BCUT2D eigenvalue weighted by Gasteiger charge is -2.14. The van der Waals surface area contributed by atoms with Gasteiger partial charge < -0.3 is 10.3 Å². The van der Waals surface area contributed by atoms with Gasteiger partial charge in [-0.3, -0.25) is 4.79 Å². The fourth-order valence-electron chi connectivity index (χ4n) is 3.79. The summed E-state index contributed by atoms with van der Waals surface area (Å²) in [6.45, 7) is 8.32. The Kier molecular flexibility index (Phi) is 5.72. The van der Waals surface area contributed by atoms with Crippen molar-refractivity contribution in [2.24, 2.45) is 0 Å². The van der Waals surface area contributed by atoms with Crippen LogP contribution in [0.15, 0.2) is 35.5 Å². The molecule has 0 unspecified atom stereocenters. The molecule has 0 saturated heterocycles. The Morgan fingerprint density at radius 1 is 1.10 bits per heavy atom. The Morgan fingerprint density at radius 2 is 1.83 bits per heavy atom. The maximum absolute atomic E-state index is 12.6. The highest BCUT2D eigenvalue weighted by Gasteiger charge is 2.14. The van der Waals surface area contributed by atoms with Crippen molar-refractivity contribution in [1.29, 1.82) is 0 Å². The molecule has 154 valence electrons. The number of fused-ring (bicyclic) bond motifs is 3. The second-order valence-electron chi connectivity index (χ2n) is 7.42. The zero-order chi connectivity index (χ0) is 21.3. The van der Waals surface area contributed by atoms with E-state index in [4.69, 9.17) is 0 Å². The predicted octanol–water partition coefficient (Wildman–Crippen LogP) is 4.98. The molecule has 2 heterocycles. The molecule has 30 heavy (non-hydrogen) atoms. The van der Waals surface area contributed by atoms with Crippen molar-refractivity contribution in [2.45, 2.75) is 45.7 Å². The van der Waals surface area contributed by atoms with Gasteiger partial charge in [0.1, 0.15) is 5.52 Å². The van der Waals surface area contributed by atoms with Crippen LogP contribution in [0.1, 0.15) is 36.1 Å². The first kappa shape index (κ1) is 20.3. The summed E-state index contributed by atoms with van der Waals surface area (Å²) in [4.78, 5) is 20.5. The molecule has 0 saturated carbocycles. The zero-order valence-electron chi connectivity index (χ0n) is 17.7. The van der Waals surface area contributed by atoms with Crippen molar-refractivity contribution < 1.29 is 4.79 Å². The third-order valence-electron chi connectivity index (χ3n) is 5.24. The minimum absolute atomic E-state index is 0.0672. The molecular weight excluding hydrogens is 394 g/mol. The van der Waals surface area contributed by atoms with Gasteiger partial charge in [0.05, 0.1) is 11.3 Å². The Hall–Kier alpha value is -2.93. The molecule has 0 bridgehead atoms. The number of hydrogen-bond acceptors (Lipinski definition) is 5. The number of anilines is 1. The number of carbonyl (C=O) groups is 1. The molecule has 2 N–H and O–H groups in total. The molecule has 0 fully saturated rings. The third kappa shape index (κ3) is 3.89. The van der Waals surface area contributed by atoms with Crippen LogP contribution in [-0.4, -0.2) is 31.8 Å². The molecule has 0 aliphatic heterocycles. The van der Waals surface area contributed by atoms with Crippen LogP contribution < -0.4 is 5.32 Å². The first-order valence-corrected chi connectivity index (χ1v) is 11.2. The van der Waals surface area contributed by atoms with Crippen molar-refractivity contribution in [3.05, 3.63) is 52.6 Å². The summed E-state index contributed by atoms with van der Waals surface area (Å²) in [5.41, 5.74) is 8.05. The van der Waals surface area contributed by atoms with Gasteiger partial charge in [0.25, 0.3) is 0 Å². The van der Waals surface area contributed by atoms with E-state index in [1.807, 2.05) is 6.07 Å². The number of aryl methyl sites for hydroxylation is 4. The van der Waals surface area contributed by atoms with Crippen molar-refractivity contribution >= 4 is 45.4 Å². The van der Waals surface area contributed by atoms with Crippen LogP contribution in [0.25, 0.3) is 22.1 Å². The van der Waals surface area contributed by atoms with E-state index in [9.17, 15) is 4.79 Å². The molecule has 4 aromatic rings. The maximum atomic E-state index is 12.6. The number of H-pyrrole nitrogens is 1. The van der Waals surface area contributed by atoms with Gasteiger partial charge in [0, 0.05) is 11.1 Å². The Morgan fingerprint density at radius 3 is 2.53 bits per heavy atom. The van der Waals surface area contributed by atoms with Gasteiger partial charge in [0.2, 0.25) is 11.1 Å². The summed E-state index contributed by atoms with van der Waals surface area (Å²) >= 11 is 1.29. The molecule has 0 atom stereocenters. The molecule has 7 heteroatoms. The summed E-state index contributed by atoms with van der Waals surface area (Å²) in [6, 6.07) is 10.4. The monoisotopic (exact) mass is 419 g/mol. The number of thioether (sulfide) groups is 1. The lowest BCUT2D eigenvalue weighted by atomic mass is 10.0. The minimum Gasteiger partial charge on any atom is -0.337 e. The number of aromatic nitrogens is 4. The fraction of sp³-hybridized carbons (Fsp3) is 0.304. The van der Waals surface area contributed by atoms with Crippen LogP contribution in [0.5, 0.6) is 0 Å². The van der Waals surface area contributed by atoms with E-state index in [1.54, 1.807) is 0 Å². The lowest BCUT2D eigenvalue weighted by molar-refractivity contribution is -0.113. The molecule has 6 nitrogen and oxygen atoms in total. The van der Waals surface area contributed by atoms with Crippen molar-refractivity contribution in [3.63, 3.8) is 0 Å². The van der Waals surface area contributed by atoms with Gasteiger partial charge in [-0.05, 0) is 49.4 Å². The third-order valence-corrected chi connectivity index (χ3v) is 6.08. The quantitative estimate of drug-likeness (QED) is 0.431. The van der Waals surface area contributed by atoms with Gasteiger partial charge in [0.15, 0.2) is 5.65 Å². The number of rotatable bonds is 6. The molecule has 0 radical (unpaired) electrons. The number of nitrogens with zero attached hydrogens (tertiary/aromatic N) is 3. The van der Waals surface area contributed by atoms with Crippen LogP contribution >= 0.6 is 11.8 Å². The lowest BCUT2D eigenvalue weighted by Crippen LogP contribution is -2.17.